The fraction of sp³-hybridized carbons (Fsp3) is 0.714. The highest BCUT2D eigenvalue weighted by atomic mass is 17.0. The molecule has 0 heterocycles. The molecule has 0 spiro atoms. The summed E-state index contributed by atoms with van der Waals surface area (Å²) in [5, 5.41) is 12.0. The minimum Gasteiger partial charge on any atom is -0.255 e. The van der Waals surface area contributed by atoms with Gasteiger partial charge in [-0.2, -0.15) is 0 Å². The molecule has 0 saturated carbocycles. The molecule has 0 fully saturated rings. The molecule has 1 rings (SSSR count). The third-order valence-corrected chi connectivity index (χ3v) is 4.48. The minimum atomic E-state index is 0.657. The summed E-state index contributed by atoms with van der Waals surface area (Å²) in [4.78, 5) is 0. The lowest BCUT2D eigenvalue weighted by Crippen LogP contribution is -1.96. The summed E-state index contributed by atoms with van der Waals surface area (Å²) in [6.45, 7) is 6.90. The Morgan fingerprint density at radius 1 is 0.739 bits per heavy atom. The van der Waals surface area contributed by atoms with E-state index in [1.165, 1.54) is 70.6 Å². The van der Waals surface area contributed by atoms with E-state index in [9.17, 15) is 0 Å². The molecule has 0 saturated heterocycles. The molecule has 134 valence electrons. The van der Waals surface area contributed by atoms with Crippen molar-refractivity contribution >= 4 is 0 Å². The maximum Gasteiger partial charge on any atom is -0.0216 e. The van der Waals surface area contributed by atoms with Crippen LogP contribution in [0.15, 0.2) is 24.3 Å². The smallest absolute Gasteiger partial charge is 0.0216 e. The molecule has 2 heteroatoms. The highest BCUT2D eigenvalue weighted by molar-refractivity contribution is 5.29. The van der Waals surface area contributed by atoms with Gasteiger partial charge in [0.1, 0.15) is 0 Å². The van der Waals surface area contributed by atoms with Crippen LogP contribution in [0.2, 0.25) is 0 Å². The molecule has 0 bridgehead atoms. The predicted molar refractivity (Wildman–Crippen MR) is 101 cm³/mol. The van der Waals surface area contributed by atoms with E-state index >= 15 is 0 Å². The van der Waals surface area contributed by atoms with Gasteiger partial charge in [-0.25, -0.2) is 0 Å². The molecule has 2 N–H and O–H groups in total. The van der Waals surface area contributed by atoms with Crippen LogP contribution in [0.5, 0.6) is 0 Å². The van der Waals surface area contributed by atoms with Gasteiger partial charge in [-0.05, 0) is 29.9 Å². The van der Waals surface area contributed by atoms with E-state index in [1.807, 2.05) is 0 Å². The van der Waals surface area contributed by atoms with Crippen molar-refractivity contribution in [3.05, 3.63) is 35.4 Å². The zero-order valence-corrected chi connectivity index (χ0v) is 15.6. The molecule has 1 aromatic carbocycles. The molecule has 0 aromatic heterocycles. The molecule has 0 amide bonds. The molecular weight excluding hydrogens is 284 g/mol. The molecule has 0 radical (unpaired) electrons. The van der Waals surface area contributed by atoms with Crippen molar-refractivity contribution in [3.63, 3.8) is 0 Å². The second kappa shape index (κ2) is 16.0. The minimum absolute atomic E-state index is 0.657. The number of hydrogen-bond donors (Lipinski definition) is 2. The normalized spacial score (nSPS) is 10.5. The zero-order valence-electron chi connectivity index (χ0n) is 15.6. The first kappa shape index (κ1) is 22.1. The molecule has 1 aromatic rings. The van der Waals surface area contributed by atoms with E-state index in [1.54, 1.807) is 11.1 Å². The highest BCUT2D eigenvalue weighted by Crippen LogP contribution is 2.21. The summed E-state index contributed by atoms with van der Waals surface area (Å²) in [6, 6.07) is 8.99. The van der Waals surface area contributed by atoms with Gasteiger partial charge in [0, 0.05) is 0 Å². The van der Waals surface area contributed by atoms with Gasteiger partial charge in [-0.3, -0.25) is 10.5 Å². The Kier molecular flexibility index (Phi) is 15.4. The first-order chi connectivity index (χ1) is 11.3. The van der Waals surface area contributed by atoms with Crippen molar-refractivity contribution in [2.24, 2.45) is 0 Å². The molecule has 0 aliphatic heterocycles. The summed E-state index contributed by atoms with van der Waals surface area (Å²) in [6.07, 6.45) is 15.5. The Morgan fingerprint density at radius 3 is 1.74 bits per heavy atom. The summed E-state index contributed by atoms with van der Waals surface area (Å²) in [7, 11) is 0. The maximum atomic E-state index is 6.00. The number of unbranched alkanes of at least 4 members (excludes halogenated alkanes) is 9. The third kappa shape index (κ3) is 11.3. The maximum absolute atomic E-state index is 6.00. The highest BCUT2D eigenvalue weighted by Gasteiger charge is 2.04. The van der Waals surface area contributed by atoms with Crippen LogP contribution in [0, 0.1) is 0 Å². The Morgan fingerprint density at radius 2 is 1.22 bits per heavy atom. The number of hydrogen-bond acceptors (Lipinski definition) is 2. The van der Waals surface area contributed by atoms with Gasteiger partial charge in [0.2, 0.25) is 0 Å². The largest absolute Gasteiger partial charge is 0.255 e. The van der Waals surface area contributed by atoms with Crippen LogP contribution in [0.25, 0.3) is 0 Å². The monoisotopic (exact) mass is 322 g/mol. The van der Waals surface area contributed by atoms with Crippen molar-refractivity contribution in [2.45, 2.75) is 97.3 Å². The molecule has 0 unspecified atom stereocenters. The summed E-state index contributed by atoms with van der Waals surface area (Å²) >= 11 is 0. The Hall–Kier alpha value is -0.860. The summed E-state index contributed by atoms with van der Waals surface area (Å²) in [5.74, 6) is 0.657. The van der Waals surface area contributed by atoms with Crippen LogP contribution in [0.1, 0.15) is 102 Å². The van der Waals surface area contributed by atoms with Gasteiger partial charge < -0.3 is 0 Å². The van der Waals surface area contributed by atoms with Crippen molar-refractivity contribution in [1.82, 2.24) is 0 Å². The van der Waals surface area contributed by atoms with Crippen molar-refractivity contribution in [1.29, 1.82) is 0 Å². The van der Waals surface area contributed by atoms with E-state index in [0.717, 1.165) is 0 Å². The first-order valence-corrected chi connectivity index (χ1v) is 9.53. The zero-order chi connectivity index (χ0) is 17.3. The summed E-state index contributed by atoms with van der Waals surface area (Å²) < 4.78 is 0. The Labute approximate surface area is 143 Å². The van der Waals surface area contributed by atoms with Crippen LogP contribution in [-0.4, -0.2) is 10.5 Å². The Bertz CT molecular complexity index is 361. The number of aryl methyl sites for hydroxylation is 1. The second-order valence-electron chi connectivity index (χ2n) is 6.79. The fourth-order valence-electron chi connectivity index (χ4n) is 3.13. The van der Waals surface area contributed by atoms with Gasteiger partial charge in [-0.1, -0.05) is 103 Å². The van der Waals surface area contributed by atoms with Crippen LogP contribution in [0.4, 0.5) is 0 Å². The molecule has 2 nitrogen and oxygen atoms in total. The lowest BCUT2D eigenvalue weighted by atomic mass is 9.94. The van der Waals surface area contributed by atoms with Crippen LogP contribution >= 0.6 is 0 Å². The average Bonchev–Trinajstić information content (AvgIpc) is 2.58. The van der Waals surface area contributed by atoms with Crippen molar-refractivity contribution < 1.29 is 10.5 Å². The van der Waals surface area contributed by atoms with Gasteiger partial charge in [-0.15, -0.1) is 0 Å². The van der Waals surface area contributed by atoms with Crippen molar-refractivity contribution in [3.8, 4) is 0 Å². The van der Waals surface area contributed by atoms with E-state index in [0.29, 0.717) is 5.92 Å². The van der Waals surface area contributed by atoms with Crippen LogP contribution in [-0.2, 0) is 6.42 Å². The van der Waals surface area contributed by atoms with E-state index in [4.69, 9.17) is 10.5 Å². The fourth-order valence-corrected chi connectivity index (χ4v) is 3.13. The first-order valence-electron chi connectivity index (χ1n) is 9.53. The quantitative estimate of drug-likeness (QED) is 0.241. The van der Waals surface area contributed by atoms with E-state index in [-0.39, 0.29) is 0 Å². The lowest BCUT2D eigenvalue weighted by molar-refractivity contribution is -0.176. The van der Waals surface area contributed by atoms with Crippen molar-refractivity contribution in [2.75, 3.05) is 0 Å². The molecule has 0 atom stereocenters. The number of rotatable bonds is 12. The van der Waals surface area contributed by atoms with Gasteiger partial charge in [0.05, 0.1) is 0 Å². The molecule has 0 aliphatic rings. The second-order valence-corrected chi connectivity index (χ2v) is 6.79. The molecular formula is C21H38O2. The number of benzene rings is 1. The average molecular weight is 323 g/mol. The van der Waals surface area contributed by atoms with E-state index < -0.39 is 0 Å². The van der Waals surface area contributed by atoms with Gasteiger partial charge in [0.25, 0.3) is 0 Å². The topological polar surface area (TPSA) is 40.5 Å². The molecule has 0 aliphatic carbocycles. The predicted octanol–water partition coefficient (Wildman–Crippen LogP) is 7.29. The lowest BCUT2D eigenvalue weighted by Gasteiger charge is -2.12. The van der Waals surface area contributed by atoms with Gasteiger partial charge in [0.15, 0.2) is 0 Å². The van der Waals surface area contributed by atoms with Gasteiger partial charge >= 0.3 is 0 Å². The standard InChI is InChI=1S/C21H36.H2O2/c1-4-5-6-7-8-9-10-11-12-13-16-20-17-14-15-18-21(20)19(2)3;1-2/h14-15,17-19H,4-13,16H2,1-3H3;1-2H. The van der Waals surface area contributed by atoms with E-state index in [2.05, 4.69) is 45.0 Å². The van der Waals surface area contributed by atoms with Crippen LogP contribution < -0.4 is 0 Å². The molecule has 23 heavy (non-hydrogen) atoms. The third-order valence-electron chi connectivity index (χ3n) is 4.48. The van der Waals surface area contributed by atoms with Crippen LogP contribution in [0.3, 0.4) is 0 Å². The SMILES string of the molecule is CCCCCCCCCCCCc1ccccc1C(C)C.OO. The Balaban J connectivity index is 0.00000232. The summed E-state index contributed by atoms with van der Waals surface area (Å²) in [5.41, 5.74) is 3.13.